The zero-order valence-corrected chi connectivity index (χ0v) is 19.2. The van der Waals surface area contributed by atoms with Gasteiger partial charge in [0.2, 0.25) is 0 Å². The van der Waals surface area contributed by atoms with Crippen molar-refractivity contribution in [2.75, 3.05) is 0 Å². The Morgan fingerprint density at radius 3 is 2.81 bits per heavy atom. The van der Waals surface area contributed by atoms with Crippen molar-refractivity contribution >= 4 is 51.6 Å². The van der Waals surface area contributed by atoms with Gasteiger partial charge in [-0.05, 0) is 43.7 Å². The largest absolute Gasteiger partial charge is 0.457 e. The van der Waals surface area contributed by atoms with E-state index in [0.29, 0.717) is 32.9 Å². The maximum atomic E-state index is 12.8. The lowest BCUT2D eigenvalue weighted by Gasteiger charge is -2.11. The molecular formula is C23H18ClNO4S2. The van der Waals surface area contributed by atoms with Crippen LogP contribution in [0.15, 0.2) is 62.0 Å². The number of benzene rings is 2. The van der Waals surface area contributed by atoms with Crippen LogP contribution in [0, 0.1) is 13.8 Å². The number of aryl methyl sites for hydroxylation is 2. The van der Waals surface area contributed by atoms with Crippen LogP contribution in [0.4, 0.5) is 0 Å². The number of halogens is 1. The minimum absolute atomic E-state index is 0.0649. The normalized spacial score (nSPS) is 11.1. The molecular weight excluding hydrogens is 454 g/mol. The van der Waals surface area contributed by atoms with Crippen LogP contribution < -0.4 is 5.63 Å². The van der Waals surface area contributed by atoms with Crippen molar-refractivity contribution in [2.45, 2.75) is 31.1 Å². The number of carbonyl (C=O) groups is 1. The van der Waals surface area contributed by atoms with Gasteiger partial charge in [-0.25, -0.2) is 14.6 Å². The second kappa shape index (κ2) is 9.26. The van der Waals surface area contributed by atoms with E-state index in [4.69, 9.17) is 20.8 Å². The van der Waals surface area contributed by atoms with E-state index in [1.54, 1.807) is 35.6 Å². The van der Waals surface area contributed by atoms with E-state index in [9.17, 15) is 9.59 Å². The van der Waals surface area contributed by atoms with Crippen LogP contribution in [-0.2, 0) is 17.1 Å². The third-order valence-electron chi connectivity index (χ3n) is 4.62. The lowest BCUT2D eigenvalue weighted by Crippen LogP contribution is -2.09. The molecule has 0 aliphatic rings. The average molecular weight is 472 g/mol. The molecule has 0 unspecified atom stereocenters. The number of thiazole rings is 1. The van der Waals surface area contributed by atoms with Gasteiger partial charge in [-0.3, -0.25) is 0 Å². The fraction of sp³-hybridized carbons (Fsp3) is 0.174. The Hall–Kier alpha value is -2.61. The van der Waals surface area contributed by atoms with Crippen molar-refractivity contribution in [1.29, 1.82) is 0 Å². The molecule has 2 heterocycles. The lowest BCUT2D eigenvalue weighted by molar-refractivity contribution is 0.0469. The highest BCUT2D eigenvalue weighted by Crippen LogP contribution is 2.29. The Morgan fingerprint density at radius 1 is 1.23 bits per heavy atom. The van der Waals surface area contributed by atoms with E-state index < -0.39 is 11.6 Å². The molecule has 0 saturated carbocycles. The molecule has 0 atom stereocenters. The van der Waals surface area contributed by atoms with Gasteiger partial charge >= 0.3 is 11.6 Å². The molecule has 0 aliphatic carbocycles. The van der Waals surface area contributed by atoms with Crippen LogP contribution in [0.3, 0.4) is 0 Å². The van der Waals surface area contributed by atoms with Gasteiger partial charge in [0, 0.05) is 38.1 Å². The number of nitrogens with zero attached hydrogens (tertiary/aromatic N) is 1. The minimum atomic E-state index is -0.505. The van der Waals surface area contributed by atoms with Gasteiger partial charge in [0.25, 0.3) is 0 Å². The summed E-state index contributed by atoms with van der Waals surface area (Å²) in [5.41, 5.74) is 2.70. The third-order valence-corrected chi connectivity index (χ3v) is 6.95. The smallest absolute Gasteiger partial charge is 0.339 e. The van der Waals surface area contributed by atoms with Crippen molar-refractivity contribution < 1.29 is 13.9 Å². The van der Waals surface area contributed by atoms with Crippen molar-refractivity contribution in [3.63, 3.8) is 0 Å². The van der Waals surface area contributed by atoms with E-state index in [2.05, 4.69) is 4.98 Å². The highest BCUT2D eigenvalue weighted by molar-refractivity contribution is 7.98. The second-order valence-corrected chi connectivity index (χ2v) is 9.39. The highest BCUT2D eigenvalue weighted by Gasteiger charge is 2.16. The number of fused-ring (bicyclic) bond motifs is 1. The number of hydrogen-bond acceptors (Lipinski definition) is 7. The predicted molar refractivity (Wildman–Crippen MR) is 124 cm³/mol. The summed E-state index contributed by atoms with van der Waals surface area (Å²) in [4.78, 5) is 30.0. The third kappa shape index (κ3) is 5.01. The molecule has 0 amide bonds. The molecule has 158 valence electrons. The van der Waals surface area contributed by atoms with Crippen molar-refractivity contribution in [3.05, 3.63) is 90.7 Å². The molecule has 0 N–H and O–H groups in total. The standard InChI is InChI=1S/C23H18ClNO4S2/c1-13-7-20-18(9-19(13)24)15(8-22(26)29-20)10-28-23(27)17-5-3-4-6-21(17)31-12-16-11-30-14(2)25-16/h3-9,11H,10,12H2,1-2H3. The molecule has 0 saturated heterocycles. The number of rotatable bonds is 6. The fourth-order valence-corrected chi connectivity index (χ4v) is 4.89. The molecule has 8 heteroatoms. The molecule has 0 spiro atoms. The van der Waals surface area contributed by atoms with Crippen LogP contribution in [0.2, 0.25) is 5.02 Å². The van der Waals surface area contributed by atoms with Gasteiger partial charge in [0.1, 0.15) is 12.2 Å². The van der Waals surface area contributed by atoms with Gasteiger partial charge in [0.05, 0.1) is 16.3 Å². The summed E-state index contributed by atoms with van der Waals surface area (Å²) in [6.07, 6.45) is 0. The Kier molecular flexibility index (Phi) is 6.46. The summed E-state index contributed by atoms with van der Waals surface area (Å²) < 4.78 is 10.8. The quantitative estimate of drug-likeness (QED) is 0.190. The molecule has 4 rings (SSSR count). The second-order valence-electron chi connectivity index (χ2n) is 6.91. The van der Waals surface area contributed by atoms with Crippen LogP contribution >= 0.6 is 34.7 Å². The number of thioether (sulfide) groups is 1. The summed E-state index contributed by atoms with van der Waals surface area (Å²) in [6.45, 7) is 3.73. The van der Waals surface area contributed by atoms with E-state index in [1.165, 1.54) is 17.8 Å². The van der Waals surface area contributed by atoms with Gasteiger partial charge in [0.15, 0.2) is 0 Å². The molecule has 31 heavy (non-hydrogen) atoms. The Labute approximate surface area is 192 Å². The van der Waals surface area contributed by atoms with E-state index >= 15 is 0 Å². The van der Waals surface area contributed by atoms with Crippen LogP contribution in [-0.4, -0.2) is 11.0 Å². The van der Waals surface area contributed by atoms with Crippen molar-refractivity contribution in [2.24, 2.45) is 0 Å². The summed E-state index contributed by atoms with van der Waals surface area (Å²) in [7, 11) is 0. The van der Waals surface area contributed by atoms with Crippen LogP contribution in [0.1, 0.15) is 32.2 Å². The predicted octanol–water partition coefficient (Wildman–Crippen LogP) is 6.17. The first kappa shape index (κ1) is 21.6. The molecule has 5 nitrogen and oxygen atoms in total. The summed E-state index contributed by atoms with van der Waals surface area (Å²) >= 11 is 9.36. The first-order chi connectivity index (χ1) is 14.9. The zero-order chi connectivity index (χ0) is 22.0. The van der Waals surface area contributed by atoms with Gasteiger partial charge in [-0.15, -0.1) is 23.1 Å². The Balaban J connectivity index is 1.53. The molecule has 0 aliphatic heterocycles. The first-order valence-electron chi connectivity index (χ1n) is 9.43. The van der Waals surface area contributed by atoms with E-state index in [1.807, 2.05) is 31.4 Å². The zero-order valence-electron chi connectivity index (χ0n) is 16.8. The molecule has 0 fully saturated rings. The molecule has 2 aromatic carbocycles. The number of esters is 1. The summed E-state index contributed by atoms with van der Waals surface area (Å²) in [6, 6.07) is 12.0. The Morgan fingerprint density at radius 2 is 2.03 bits per heavy atom. The van der Waals surface area contributed by atoms with Gasteiger partial charge in [-0.2, -0.15) is 0 Å². The van der Waals surface area contributed by atoms with Crippen molar-refractivity contribution in [3.8, 4) is 0 Å². The van der Waals surface area contributed by atoms with Gasteiger partial charge < -0.3 is 9.15 Å². The average Bonchev–Trinajstić information content (AvgIpc) is 3.17. The van der Waals surface area contributed by atoms with Crippen LogP contribution in [0.5, 0.6) is 0 Å². The highest BCUT2D eigenvalue weighted by atomic mass is 35.5. The maximum absolute atomic E-state index is 12.8. The molecule has 0 radical (unpaired) electrons. The number of aromatic nitrogens is 1. The van der Waals surface area contributed by atoms with Crippen LogP contribution in [0.25, 0.3) is 11.0 Å². The molecule has 4 aromatic rings. The SMILES string of the molecule is Cc1nc(CSc2ccccc2C(=O)OCc2cc(=O)oc3cc(C)c(Cl)cc23)cs1. The number of ether oxygens (including phenoxy) is 1. The van der Waals surface area contributed by atoms with Crippen molar-refractivity contribution in [1.82, 2.24) is 4.98 Å². The Bertz CT molecular complexity index is 1330. The number of carbonyl (C=O) groups excluding carboxylic acids is 1. The fourth-order valence-electron chi connectivity index (χ4n) is 3.08. The van der Waals surface area contributed by atoms with E-state index in [-0.39, 0.29) is 6.61 Å². The minimum Gasteiger partial charge on any atom is -0.457 e. The summed E-state index contributed by atoms with van der Waals surface area (Å²) in [5, 5.41) is 4.22. The maximum Gasteiger partial charge on any atom is 0.339 e. The first-order valence-corrected chi connectivity index (χ1v) is 11.7. The number of hydrogen-bond donors (Lipinski definition) is 0. The molecule has 0 bridgehead atoms. The van der Waals surface area contributed by atoms with Gasteiger partial charge in [-0.1, -0.05) is 23.7 Å². The topological polar surface area (TPSA) is 69.4 Å². The van der Waals surface area contributed by atoms with E-state index in [0.717, 1.165) is 21.2 Å². The monoisotopic (exact) mass is 471 g/mol. The lowest BCUT2D eigenvalue weighted by atomic mass is 10.1. The molecule has 2 aromatic heterocycles. The summed E-state index contributed by atoms with van der Waals surface area (Å²) in [5.74, 6) is 0.203.